The molecule has 0 unspecified atom stereocenters. The number of anilines is 1. The standard InChI is InChI=1S/C25H28F3N7O/c1-16(2)13-21(29-3)30-22-20-14-17(23(36)34-11-9-33(4)10-12-34)15-35(20)32-24(31-22)25(27,28)18-5-7-19(26)8-6-18/h5-8,13-15H,9-12H2,1-4H3,(H,29,30,31,32). The molecule has 4 rings (SSSR count). The fourth-order valence-corrected chi connectivity index (χ4v) is 3.87. The van der Waals surface area contributed by atoms with E-state index >= 15 is 8.78 Å². The Labute approximate surface area is 207 Å². The van der Waals surface area contributed by atoms with E-state index in [1.807, 2.05) is 20.9 Å². The van der Waals surface area contributed by atoms with Crippen molar-refractivity contribution < 1.29 is 18.0 Å². The van der Waals surface area contributed by atoms with Crippen LogP contribution < -0.4 is 5.32 Å². The van der Waals surface area contributed by atoms with Gasteiger partial charge in [-0.1, -0.05) is 5.57 Å². The fraction of sp³-hybridized carbons (Fsp3) is 0.360. The average Bonchev–Trinajstić information content (AvgIpc) is 3.28. The van der Waals surface area contributed by atoms with Crippen LogP contribution in [0.3, 0.4) is 0 Å². The number of hydrogen-bond acceptors (Lipinski definition) is 5. The number of likely N-dealkylation sites (N-methyl/N-ethyl adjacent to an activating group) is 1. The second kappa shape index (κ2) is 10.1. The van der Waals surface area contributed by atoms with Gasteiger partial charge in [0.05, 0.1) is 5.56 Å². The smallest absolute Gasteiger partial charge is 0.333 e. The number of fused-ring (bicyclic) bond motifs is 1. The lowest BCUT2D eigenvalue weighted by Crippen LogP contribution is -2.47. The molecule has 0 atom stereocenters. The quantitative estimate of drug-likeness (QED) is 0.427. The number of nitrogens with one attached hydrogen (secondary N) is 1. The highest BCUT2D eigenvalue weighted by Crippen LogP contribution is 2.34. The minimum atomic E-state index is -3.62. The number of nitrogens with zero attached hydrogens (tertiary/aromatic N) is 6. The summed E-state index contributed by atoms with van der Waals surface area (Å²) in [5, 5.41) is 7.04. The van der Waals surface area contributed by atoms with Crippen molar-refractivity contribution in [2.45, 2.75) is 19.8 Å². The number of benzene rings is 1. The van der Waals surface area contributed by atoms with Gasteiger partial charge in [0.15, 0.2) is 5.82 Å². The third-order valence-corrected chi connectivity index (χ3v) is 5.90. The van der Waals surface area contributed by atoms with Gasteiger partial charge < -0.3 is 15.1 Å². The van der Waals surface area contributed by atoms with Gasteiger partial charge in [0.1, 0.15) is 17.2 Å². The highest BCUT2D eigenvalue weighted by atomic mass is 19.3. The van der Waals surface area contributed by atoms with Gasteiger partial charge >= 0.3 is 5.92 Å². The number of allylic oxidation sites excluding steroid dienone is 1. The molecule has 1 N–H and O–H groups in total. The average molecular weight is 500 g/mol. The van der Waals surface area contributed by atoms with E-state index in [1.165, 1.54) is 10.7 Å². The lowest BCUT2D eigenvalue weighted by molar-refractivity contribution is 0.0315. The molecule has 3 aromatic rings. The zero-order valence-electron chi connectivity index (χ0n) is 20.6. The highest BCUT2D eigenvalue weighted by molar-refractivity contribution is 6.06. The van der Waals surface area contributed by atoms with Crippen LogP contribution in [0, 0.1) is 5.82 Å². The second-order valence-corrected chi connectivity index (χ2v) is 8.97. The number of aromatic nitrogens is 3. The zero-order chi connectivity index (χ0) is 26.0. The maximum atomic E-state index is 15.4. The Hall–Kier alpha value is -3.73. The van der Waals surface area contributed by atoms with Crippen LogP contribution in [-0.4, -0.2) is 76.4 Å². The second-order valence-electron chi connectivity index (χ2n) is 8.97. The fourth-order valence-electron chi connectivity index (χ4n) is 3.87. The molecule has 1 aliphatic heterocycles. The topological polar surface area (TPSA) is 78.1 Å². The molecule has 0 radical (unpaired) electrons. The Balaban J connectivity index is 1.80. The zero-order valence-corrected chi connectivity index (χ0v) is 20.6. The number of aliphatic imine (C=N–C) groups is 1. The SMILES string of the molecule is CN=C(C=C(C)C)Nc1nc(C(F)(F)c2ccc(F)cc2)nn2cc(C(=O)N3CCN(C)CC3)cc12. The third-order valence-electron chi connectivity index (χ3n) is 5.90. The van der Waals surface area contributed by atoms with Crippen molar-refractivity contribution in [3.63, 3.8) is 0 Å². The number of hydrogen-bond donors (Lipinski definition) is 1. The monoisotopic (exact) mass is 499 g/mol. The van der Waals surface area contributed by atoms with E-state index < -0.39 is 23.1 Å². The number of alkyl halides is 2. The first-order valence-corrected chi connectivity index (χ1v) is 11.5. The van der Waals surface area contributed by atoms with E-state index in [-0.39, 0.29) is 11.7 Å². The lowest BCUT2D eigenvalue weighted by atomic mass is 10.1. The molecule has 1 amide bonds. The predicted octanol–water partition coefficient (Wildman–Crippen LogP) is 3.80. The van der Waals surface area contributed by atoms with Gasteiger partial charge in [-0.15, -0.1) is 5.10 Å². The van der Waals surface area contributed by atoms with Crippen LogP contribution in [-0.2, 0) is 5.92 Å². The van der Waals surface area contributed by atoms with Crippen LogP contribution in [0.4, 0.5) is 19.0 Å². The lowest BCUT2D eigenvalue weighted by Gasteiger charge is -2.32. The number of halogens is 3. The van der Waals surface area contributed by atoms with E-state index in [2.05, 4.69) is 25.3 Å². The summed E-state index contributed by atoms with van der Waals surface area (Å²) in [5.41, 5.74) is 1.14. The maximum absolute atomic E-state index is 15.4. The minimum Gasteiger partial charge on any atom is -0.336 e. The maximum Gasteiger partial charge on any atom is 0.333 e. The summed E-state index contributed by atoms with van der Waals surface area (Å²) in [6.07, 6.45) is 3.17. The third kappa shape index (κ3) is 5.25. The Kier molecular flexibility index (Phi) is 7.11. The van der Waals surface area contributed by atoms with Crippen molar-refractivity contribution in [2.24, 2.45) is 4.99 Å². The van der Waals surface area contributed by atoms with E-state index in [1.54, 1.807) is 24.1 Å². The molecule has 0 saturated carbocycles. The van der Waals surface area contributed by atoms with Gasteiger partial charge in [-0.2, -0.15) is 8.78 Å². The summed E-state index contributed by atoms with van der Waals surface area (Å²) in [7, 11) is 3.55. The molecule has 1 saturated heterocycles. The Morgan fingerprint density at radius 1 is 1.14 bits per heavy atom. The molecule has 1 fully saturated rings. The van der Waals surface area contributed by atoms with E-state index in [0.717, 1.165) is 42.9 Å². The molecule has 36 heavy (non-hydrogen) atoms. The minimum absolute atomic E-state index is 0.0670. The van der Waals surface area contributed by atoms with Gasteiger partial charge in [-0.05, 0) is 57.3 Å². The van der Waals surface area contributed by atoms with Gasteiger partial charge in [0.25, 0.3) is 5.91 Å². The predicted molar refractivity (Wildman–Crippen MR) is 132 cm³/mol. The summed E-state index contributed by atoms with van der Waals surface area (Å²) in [5.74, 6) is -4.79. The first-order chi connectivity index (χ1) is 17.1. The number of amides is 1. The molecule has 190 valence electrons. The number of carbonyl (C=O) groups excluding carboxylic acids is 1. The van der Waals surface area contributed by atoms with Crippen molar-refractivity contribution >= 4 is 23.1 Å². The first kappa shape index (κ1) is 25.4. The van der Waals surface area contributed by atoms with Gasteiger partial charge in [0.2, 0.25) is 5.82 Å². The van der Waals surface area contributed by atoms with Crippen LogP contribution in [0.5, 0.6) is 0 Å². The van der Waals surface area contributed by atoms with Gasteiger partial charge in [-0.3, -0.25) is 9.79 Å². The number of carbonyl (C=O) groups is 1. The Morgan fingerprint density at radius 2 is 1.81 bits per heavy atom. The molecule has 8 nitrogen and oxygen atoms in total. The summed E-state index contributed by atoms with van der Waals surface area (Å²) < 4.78 is 45.4. The summed E-state index contributed by atoms with van der Waals surface area (Å²) in [6, 6.07) is 5.49. The molecule has 0 spiro atoms. The molecule has 0 aliphatic carbocycles. The molecular formula is C25H28F3N7O. The van der Waals surface area contributed by atoms with Crippen LogP contribution in [0.25, 0.3) is 5.52 Å². The molecule has 2 aromatic heterocycles. The largest absolute Gasteiger partial charge is 0.336 e. The molecule has 0 bridgehead atoms. The molecule has 11 heteroatoms. The van der Waals surface area contributed by atoms with Crippen LogP contribution in [0.1, 0.15) is 35.6 Å². The normalized spacial score (nSPS) is 15.3. The van der Waals surface area contributed by atoms with Gasteiger partial charge in [-0.25, -0.2) is 13.9 Å². The van der Waals surface area contributed by atoms with Crippen molar-refractivity contribution in [1.29, 1.82) is 0 Å². The van der Waals surface area contributed by atoms with E-state index in [0.29, 0.717) is 30.0 Å². The molecule has 1 aliphatic rings. The number of piperazine rings is 1. The van der Waals surface area contributed by atoms with Crippen LogP contribution in [0.2, 0.25) is 0 Å². The van der Waals surface area contributed by atoms with Crippen molar-refractivity contribution in [3.05, 3.63) is 70.9 Å². The van der Waals surface area contributed by atoms with Crippen molar-refractivity contribution in [2.75, 3.05) is 45.6 Å². The molecular weight excluding hydrogens is 471 g/mol. The summed E-state index contributed by atoms with van der Waals surface area (Å²) in [4.78, 5) is 25.3. The van der Waals surface area contributed by atoms with Crippen LogP contribution >= 0.6 is 0 Å². The number of amidine groups is 1. The Bertz CT molecular complexity index is 1320. The van der Waals surface area contributed by atoms with Gasteiger partial charge in [0, 0.05) is 45.0 Å². The highest BCUT2D eigenvalue weighted by Gasteiger charge is 2.39. The van der Waals surface area contributed by atoms with E-state index in [9.17, 15) is 9.18 Å². The first-order valence-electron chi connectivity index (χ1n) is 11.5. The summed E-state index contributed by atoms with van der Waals surface area (Å²) >= 11 is 0. The van der Waals surface area contributed by atoms with E-state index in [4.69, 9.17) is 0 Å². The van der Waals surface area contributed by atoms with Crippen LogP contribution in [0.15, 0.2) is 53.2 Å². The summed E-state index contributed by atoms with van der Waals surface area (Å²) in [6.45, 7) is 6.39. The Morgan fingerprint density at radius 3 is 2.42 bits per heavy atom. The number of rotatable bonds is 5. The van der Waals surface area contributed by atoms with Crippen molar-refractivity contribution in [1.82, 2.24) is 24.4 Å². The molecule has 1 aromatic carbocycles. The molecule has 3 heterocycles. The van der Waals surface area contributed by atoms with Crippen molar-refractivity contribution in [3.8, 4) is 0 Å².